The third-order valence-electron chi connectivity index (χ3n) is 3.88. The number of anilines is 2. The topological polar surface area (TPSA) is 115 Å². The Morgan fingerprint density at radius 1 is 1.21 bits per heavy atom. The summed E-state index contributed by atoms with van der Waals surface area (Å²) in [6, 6.07) is 11.2. The quantitative estimate of drug-likeness (QED) is 0.653. The predicted molar refractivity (Wildman–Crippen MR) is 103 cm³/mol. The van der Waals surface area contributed by atoms with Gasteiger partial charge >= 0.3 is 0 Å². The maximum absolute atomic E-state index is 12.7. The Morgan fingerprint density at radius 2 is 2.00 bits per heavy atom. The van der Waals surface area contributed by atoms with Gasteiger partial charge in [-0.25, -0.2) is 8.42 Å². The van der Waals surface area contributed by atoms with Gasteiger partial charge in [0, 0.05) is 17.6 Å². The molecule has 0 bridgehead atoms. The smallest absolute Gasteiger partial charge is 0.262 e. The first kappa shape index (κ1) is 18.3. The number of sulfonamides is 1. The lowest BCUT2D eigenvalue weighted by Crippen LogP contribution is -2.25. The van der Waals surface area contributed by atoms with E-state index in [1.165, 1.54) is 30.0 Å². The summed E-state index contributed by atoms with van der Waals surface area (Å²) in [7, 11) is -1.98. The van der Waals surface area contributed by atoms with Crippen LogP contribution in [0, 0.1) is 0 Å². The normalized spacial score (nSPS) is 13.4. The lowest BCUT2D eigenvalue weighted by atomic mass is 10.2. The van der Waals surface area contributed by atoms with E-state index < -0.39 is 10.0 Å². The highest BCUT2D eigenvalue weighted by Gasteiger charge is 2.21. The zero-order valence-electron chi connectivity index (χ0n) is 14.6. The van der Waals surface area contributed by atoms with Crippen molar-refractivity contribution in [3.63, 3.8) is 0 Å². The molecule has 2 aromatic carbocycles. The minimum absolute atomic E-state index is 0.0228. The number of aryl methyl sites for hydroxylation is 1. The van der Waals surface area contributed by atoms with E-state index in [9.17, 15) is 13.2 Å². The summed E-state index contributed by atoms with van der Waals surface area (Å²) in [5.74, 6) is 0.106. The first-order valence-electron chi connectivity index (χ1n) is 8.12. The SMILES string of the molecule is Cn1cnnc1Sc1ccc(NS(=O)(=O)c2ccc3c(c2)NC(=O)CO3)cc1. The second-order valence-electron chi connectivity index (χ2n) is 5.95. The van der Waals surface area contributed by atoms with Crippen LogP contribution in [0.5, 0.6) is 5.75 Å². The van der Waals surface area contributed by atoms with Gasteiger partial charge in [0.25, 0.3) is 15.9 Å². The van der Waals surface area contributed by atoms with Gasteiger partial charge in [-0.1, -0.05) is 0 Å². The van der Waals surface area contributed by atoms with Crippen molar-refractivity contribution in [2.75, 3.05) is 16.6 Å². The molecule has 0 atom stereocenters. The fraction of sp³-hybridized carbons (Fsp3) is 0.118. The number of nitrogens with zero attached hydrogens (tertiary/aromatic N) is 3. The second-order valence-corrected chi connectivity index (χ2v) is 8.67. The van der Waals surface area contributed by atoms with Crippen molar-refractivity contribution in [2.24, 2.45) is 7.05 Å². The molecule has 9 nitrogen and oxygen atoms in total. The summed E-state index contributed by atoms with van der Waals surface area (Å²) in [6.45, 7) is -0.0873. The van der Waals surface area contributed by atoms with E-state index in [2.05, 4.69) is 20.2 Å². The Bertz CT molecular complexity index is 1140. The van der Waals surface area contributed by atoms with Crippen LogP contribution in [0.4, 0.5) is 11.4 Å². The standard InChI is InChI=1S/C17H15N5O4S2/c1-22-10-18-20-17(22)27-12-4-2-11(3-5-12)21-28(24,25)13-6-7-15-14(8-13)19-16(23)9-26-15/h2-8,10,21H,9H2,1H3,(H,19,23). The summed E-state index contributed by atoms with van der Waals surface area (Å²) in [5.41, 5.74) is 0.745. The van der Waals surface area contributed by atoms with Gasteiger partial charge in [-0.05, 0) is 54.2 Å². The van der Waals surface area contributed by atoms with E-state index >= 15 is 0 Å². The van der Waals surface area contributed by atoms with Crippen LogP contribution in [0.3, 0.4) is 0 Å². The van der Waals surface area contributed by atoms with Crippen LogP contribution >= 0.6 is 11.8 Å². The van der Waals surface area contributed by atoms with Crippen molar-refractivity contribution >= 4 is 39.1 Å². The van der Waals surface area contributed by atoms with Crippen LogP contribution in [-0.2, 0) is 21.9 Å². The highest BCUT2D eigenvalue weighted by atomic mass is 32.2. The molecule has 0 saturated carbocycles. The Morgan fingerprint density at radius 3 is 2.71 bits per heavy atom. The number of hydrogen-bond acceptors (Lipinski definition) is 7. The lowest BCUT2D eigenvalue weighted by Gasteiger charge is -2.18. The first-order chi connectivity index (χ1) is 13.4. The third-order valence-corrected chi connectivity index (χ3v) is 6.32. The summed E-state index contributed by atoms with van der Waals surface area (Å²) in [5, 5.41) is 11.1. The lowest BCUT2D eigenvalue weighted by molar-refractivity contribution is -0.118. The number of nitrogens with one attached hydrogen (secondary N) is 2. The molecule has 1 aliphatic rings. The molecular formula is C17H15N5O4S2. The number of carbonyl (C=O) groups excluding carboxylic acids is 1. The monoisotopic (exact) mass is 417 g/mol. The maximum atomic E-state index is 12.7. The number of rotatable bonds is 5. The summed E-state index contributed by atoms with van der Waals surface area (Å²) in [4.78, 5) is 12.4. The van der Waals surface area contributed by atoms with Crippen molar-refractivity contribution < 1.29 is 17.9 Å². The van der Waals surface area contributed by atoms with E-state index in [1.54, 1.807) is 35.2 Å². The van der Waals surface area contributed by atoms with Crippen LogP contribution in [0.1, 0.15) is 0 Å². The zero-order valence-corrected chi connectivity index (χ0v) is 16.3. The molecule has 2 heterocycles. The fourth-order valence-corrected chi connectivity index (χ4v) is 4.35. The second kappa shape index (κ2) is 7.17. The fourth-order valence-electron chi connectivity index (χ4n) is 2.50. The van der Waals surface area contributed by atoms with Crippen LogP contribution in [-0.4, -0.2) is 35.7 Å². The van der Waals surface area contributed by atoms with Crippen molar-refractivity contribution in [3.8, 4) is 5.75 Å². The first-order valence-corrected chi connectivity index (χ1v) is 10.4. The van der Waals surface area contributed by atoms with Gasteiger partial charge in [0.05, 0.1) is 10.6 Å². The molecule has 144 valence electrons. The average molecular weight is 417 g/mol. The van der Waals surface area contributed by atoms with Gasteiger partial charge in [0.2, 0.25) is 0 Å². The molecule has 3 aromatic rings. The summed E-state index contributed by atoms with van der Waals surface area (Å²) in [6.07, 6.45) is 1.61. The molecule has 0 unspecified atom stereocenters. The van der Waals surface area contributed by atoms with Crippen LogP contribution in [0.25, 0.3) is 0 Å². The van der Waals surface area contributed by atoms with Gasteiger partial charge in [0.1, 0.15) is 12.1 Å². The minimum Gasteiger partial charge on any atom is -0.482 e. The third kappa shape index (κ3) is 3.80. The molecule has 11 heteroatoms. The molecule has 2 N–H and O–H groups in total. The van der Waals surface area contributed by atoms with Gasteiger partial charge in [-0.2, -0.15) is 0 Å². The number of carbonyl (C=O) groups is 1. The van der Waals surface area contributed by atoms with Crippen LogP contribution in [0.15, 0.2) is 63.7 Å². The number of ether oxygens (including phenoxy) is 1. The van der Waals surface area contributed by atoms with E-state index in [-0.39, 0.29) is 17.4 Å². The molecule has 1 amide bonds. The van der Waals surface area contributed by atoms with Gasteiger partial charge < -0.3 is 14.6 Å². The Kier molecular flexibility index (Phi) is 4.69. The number of fused-ring (bicyclic) bond motifs is 1. The number of hydrogen-bond donors (Lipinski definition) is 2. The minimum atomic E-state index is -3.82. The summed E-state index contributed by atoms with van der Waals surface area (Å²) >= 11 is 1.42. The van der Waals surface area contributed by atoms with Crippen molar-refractivity contribution in [2.45, 2.75) is 14.9 Å². The van der Waals surface area contributed by atoms with Crippen molar-refractivity contribution in [1.82, 2.24) is 14.8 Å². The largest absolute Gasteiger partial charge is 0.482 e. The van der Waals surface area contributed by atoms with Crippen molar-refractivity contribution in [3.05, 3.63) is 48.8 Å². The molecule has 1 aliphatic heterocycles. The van der Waals surface area contributed by atoms with E-state index in [4.69, 9.17) is 4.74 Å². The Hall–Kier alpha value is -3.05. The highest BCUT2D eigenvalue weighted by Crippen LogP contribution is 2.31. The van der Waals surface area contributed by atoms with Gasteiger partial charge in [-0.3, -0.25) is 9.52 Å². The van der Waals surface area contributed by atoms with Gasteiger partial charge in [0.15, 0.2) is 11.8 Å². The van der Waals surface area contributed by atoms with Crippen LogP contribution < -0.4 is 14.8 Å². The van der Waals surface area contributed by atoms with Gasteiger partial charge in [-0.15, -0.1) is 10.2 Å². The number of benzene rings is 2. The molecule has 0 fully saturated rings. The highest BCUT2D eigenvalue weighted by molar-refractivity contribution is 7.99. The average Bonchev–Trinajstić information content (AvgIpc) is 3.07. The van der Waals surface area contributed by atoms with Crippen molar-refractivity contribution in [1.29, 1.82) is 0 Å². The molecule has 4 rings (SSSR count). The molecule has 0 spiro atoms. The molecule has 0 aliphatic carbocycles. The predicted octanol–water partition coefficient (Wildman–Crippen LogP) is 2.10. The molecule has 1 aromatic heterocycles. The number of aromatic nitrogens is 3. The maximum Gasteiger partial charge on any atom is 0.262 e. The van der Waals surface area contributed by atoms with E-state index in [0.717, 1.165) is 10.1 Å². The summed E-state index contributed by atoms with van der Waals surface area (Å²) < 4.78 is 34.9. The number of amides is 1. The van der Waals surface area contributed by atoms with Crippen LogP contribution in [0.2, 0.25) is 0 Å². The molecule has 0 radical (unpaired) electrons. The molecule has 28 heavy (non-hydrogen) atoms. The molecule has 0 saturated heterocycles. The Balaban J connectivity index is 1.51. The Labute approximate surface area is 165 Å². The van der Waals surface area contributed by atoms with E-state index in [0.29, 0.717) is 17.1 Å². The van der Waals surface area contributed by atoms with E-state index in [1.807, 2.05) is 7.05 Å². The molecular weight excluding hydrogens is 402 g/mol. The zero-order chi connectivity index (χ0) is 19.7.